The van der Waals surface area contributed by atoms with E-state index in [1.165, 1.54) is 32.1 Å². The van der Waals surface area contributed by atoms with Gasteiger partial charge in [0.1, 0.15) is 0 Å². The molecular formula is C15H24. The largest absolute Gasteiger partial charge is 0.0847 e. The molecule has 84 valence electrons. The lowest BCUT2D eigenvalue weighted by molar-refractivity contribution is 0.0520. The molecule has 0 unspecified atom stereocenters. The Kier molecular flexibility index (Phi) is 1.67. The number of hydrogen-bond donors (Lipinski definition) is 0. The molecule has 0 heterocycles. The molecule has 0 aromatic carbocycles. The molecule has 2 saturated carbocycles. The Balaban J connectivity index is 2.19. The lowest BCUT2D eigenvalue weighted by Crippen LogP contribution is -2.39. The number of allylic oxidation sites excluding steroid dienone is 2. The molecular weight excluding hydrogens is 180 g/mol. The highest BCUT2D eigenvalue weighted by molar-refractivity contribution is 5.30. The fourth-order valence-corrected chi connectivity index (χ4v) is 5.36. The Hall–Kier alpha value is -0.260. The highest BCUT2D eigenvalue weighted by Gasteiger charge is 2.67. The van der Waals surface area contributed by atoms with Crippen LogP contribution in [0.3, 0.4) is 0 Å². The lowest BCUT2D eigenvalue weighted by Gasteiger charge is -2.46. The standard InChI is InChI=1S/C15H24/c1-11-6-7-12-10-14(11,3)15(4)9-5-8-13(12,15)2/h6,12H,5,7-10H2,1-4H3/t12-,13+,14-,15+/m1/s1. The predicted octanol–water partition coefficient (Wildman–Crippen LogP) is 4.56. The normalized spacial score (nSPS) is 57.9. The predicted molar refractivity (Wildman–Crippen MR) is 64.7 cm³/mol. The van der Waals surface area contributed by atoms with Gasteiger partial charge < -0.3 is 0 Å². The second-order valence-corrected chi connectivity index (χ2v) is 6.96. The third-order valence-electron chi connectivity index (χ3n) is 6.99. The molecule has 15 heavy (non-hydrogen) atoms. The Labute approximate surface area is 94.1 Å². The van der Waals surface area contributed by atoms with Gasteiger partial charge in [-0.3, -0.25) is 0 Å². The van der Waals surface area contributed by atoms with E-state index >= 15 is 0 Å². The molecule has 4 atom stereocenters. The van der Waals surface area contributed by atoms with Gasteiger partial charge in [0.2, 0.25) is 0 Å². The van der Waals surface area contributed by atoms with Gasteiger partial charge in [0.25, 0.3) is 0 Å². The molecule has 3 aliphatic rings. The summed E-state index contributed by atoms with van der Waals surface area (Å²) in [7, 11) is 0. The maximum absolute atomic E-state index is 2.59. The summed E-state index contributed by atoms with van der Waals surface area (Å²) in [6, 6.07) is 0. The van der Waals surface area contributed by atoms with Crippen LogP contribution in [0.1, 0.15) is 59.8 Å². The van der Waals surface area contributed by atoms with E-state index in [9.17, 15) is 0 Å². The molecule has 0 spiro atoms. The molecule has 0 aromatic heterocycles. The fourth-order valence-electron chi connectivity index (χ4n) is 5.36. The molecule has 3 rings (SSSR count). The molecule has 0 amide bonds. The van der Waals surface area contributed by atoms with E-state index in [0.29, 0.717) is 16.2 Å². The van der Waals surface area contributed by atoms with Crippen LogP contribution in [0.25, 0.3) is 0 Å². The van der Waals surface area contributed by atoms with E-state index in [2.05, 4.69) is 33.8 Å². The van der Waals surface area contributed by atoms with Crippen molar-refractivity contribution in [3.05, 3.63) is 11.6 Å². The quantitative estimate of drug-likeness (QED) is 0.507. The highest BCUT2D eigenvalue weighted by Crippen LogP contribution is 2.76. The van der Waals surface area contributed by atoms with Gasteiger partial charge in [-0.1, -0.05) is 38.8 Å². The molecule has 2 bridgehead atoms. The summed E-state index contributed by atoms with van der Waals surface area (Å²) in [5.74, 6) is 0.971. The van der Waals surface area contributed by atoms with E-state index in [1.807, 2.05) is 0 Å². The third-order valence-corrected chi connectivity index (χ3v) is 6.99. The number of fused-ring (bicyclic) bond motifs is 5. The fraction of sp³-hybridized carbons (Fsp3) is 0.867. The van der Waals surface area contributed by atoms with Crippen LogP contribution < -0.4 is 0 Å². The molecule has 0 radical (unpaired) electrons. The van der Waals surface area contributed by atoms with Crippen molar-refractivity contribution in [3.8, 4) is 0 Å². The summed E-state index contributed by atoms with van der Waals surface area (Å²) < 4.78 is 0. The van der Waals surface area contributed by atoms with Gasteiger partial charge in [0.05, 0.1) is 0 Å². The van der Waals surface area contributed by atoms with E-state index < -0.39 is 0 Å². The SMILES string of the molecule is CC1=CC[C@@H]2C[C@@]1(C)[C@@]1(C)CCC[C@@]21C. The van der Waals surface area contributed by atoms with E-state index in [-0.39, 0.29) is 0 Å². The Morgan fingerprint density at radius 1 is 1.20 bits per heavy atom. The molecule has 3 aliphatic carbocycles. The van der Waals surface area contributed by atoms with Crippen LogP contribution >= 0.6 is 0 Å². The third kappa shape index (κ3) is 0.831. The zero-order chi connectivity index (χ0) is 10.9. The van der Waals surface area contributed by atoms with Crippen LogP contribution in [0.5, 0.6) is 0 Å². The molecule has 0 saturated heterocycles. The van der Waals surface area contributed by atoms with Crippen LogP contribution in [-0.2, 0) is 0 Å². The first-order valence-electron chi connectivity index (χ1n) is 6.61. The van der Waals surface area contributed by atoms with Crippen molar-refractivity contribution in [2.24, 2.45) is 22.2 Å². The van der Waals surface area contributed by atoms with Crippen molar-refractivity contribution in [2.45, 2.75) is 59.8 Å². The summed E-state index contributed by atoms with van der Waals surface area (Å²) in [5, 5.41) is 0. The molecule has 2 fully saturated rings. The van der Waals surface area contributed by atoms with Crippen molar-refractivity contribution in [2.75, 3.05) is 0 Å². The average molecular weight is 204 g/mol. The topological polar surface area (TPSA) is 0 Å². The van der Waals surface area contributed by atoms with E-state index in [1.54, 1.807) is 5.57 Å². The highest BCUT2D eigenvalue weighted by atomic mass is 14.7. The van der Waals surface area contributed by atoms with Gasteiger partial charge in [0, 0.05) is 0 Å². The van der Waals surface area contributed by atoms with Crippen LogP contribution in [0.2, 0.25) is 0 Å². The van der Waals surface area contributed by atoms with Crippen molar-refractivity contribution >= 4 is 0 Å². The zero-order valence-corrected chi connectivity index (χ0v) is 10.7. The van der Waals surface area contributed by atoms with Crippen molar-refractivity contribution in [1.29, 1.82) is 0 Å². The van der Waals surface area contributed by atoms with Gasteiger partial charge in [-0.15, -0.1) is 0 Å². The van der Waals surface area contributed by atoms with Crippen molar-refractivity contribution < 1.29 is 0 Å². The first-order valence-corrected chi connectivity index (χ1v) is 6.61. The van der Waals surface area contributed by atoms with Gasteiger partial charge in [-0.25, -0.2) is 0 Å². The number of hydrogen-bond acceptors (Lipinski definition) is 0. The zero-order valence-electron chi connectivity index (χ0n) is 10.7. The van der Waals surface area contributed by atoms with Gasteiger partial charge >= 0.3 is 0 Å². The average Bonchev–Trinajstić information content (AvgIpc) is 2.55. The lowest BCUT2D eigenvalue weighted by atomic mass is 9.58. The van der Waals surface area contributed by atoms with Crippen molar-refractivity contribution in [1.82, 2.24) is 0 Å². The smallest absolute Gasteiger partial charge is 0.00571 e. The Morgan fingerprint density at radius 3 is 2.67 bits per heavy atom. The molecule has 0 nitrogen and oxygen atoms in total. The minimum atomic E-state index is 0.515. The number of rotatable bonds is 0. The molecule has 0 heteroatoms. The van der Waals surface area contributed by atoms with Crippen LogP contribution in [-0.4, -0.2) is 0 Å². The minimum Gasteiger partial charge on any atom is -0.0847 e. The van der Waals surface area contributed by atoms with E-state index in [4.69, 9.17) is 0 Å². The second-order valence-electron chi connectivity index (χ2n) is 6.96. The molecule has 0 N–H and O–H groups in total. The van der Waals surface area contributed by atoms with Crippen LogP contribution in [0.4, 0.5) is 0 Å². The molecule has 0 aliphatic heterocycles. The minimum absolute atomic E-state index is 0.515. The summed E-state index contributed by atoms with van der Waals surface area (Å²) >= 11 is 0. The van der Waals surface area contributed by atoms with Gasteiger partial charge in [0.15, 0.2) is 0 Å². The summed E-state index contributed by atoms with van der Waals surface area (Å²) in [6.07, 6.45) is 9.76. The summed E-state index contributed by atoms with van der Waals surface area (Å²) in [6.45, 7) is 10.1. The summed E-state index contributed by atoms with van der Waals surface area (Å²) in [5.41, 5.74) is 3.42. The first kappa shape index (κ1) is 9.93. The van der Waals surface area contributed by atoms with Crippen molar-refractivity contribution in [3.63, 3.8) is 0 Å². The van der Waals surface area contributed by atoms with Crippen LogP contribution in [0, 0.1) is 22.2 Å². The monoisotopic (exact) mass is 204 g/mol. The first-order chi connectivity index (χ1) is 6.94. The Morgan fingerprint density at radius 2 is 1.93 bits per heavy atom. The van der Waals surface area contributed by atoms with Crippen LogP contribution in [0.15, 0.2) is 11.6 Å². The van der Waals surface area contributed by atoms with Gasteiger partial charge in [-0.05, 0) is 54.8 Å². The Bertz CT molecular complexity index is 340. The maximum Gasteiger partial charge on any atom is -0.00571 e. The summed E-state index contributed by atoms with van der Waals surface area (Å²) in [4.78, 5) is 0. The molecule has 0 aromatic rings. The second kappa shape index (κ2) is 2.52. The maximum atomic E-state index is 2.59. The van der Waals surface area contributed by atoms with Gasteiger partial charge in [-0.2, -0.15) is 0 Å². The van der Waals surface area contributed by atoms with E-state index in [0.717, 1.165) is 5.92 Å².